The Hall–Kier alpha value is -3.53. The summed E-state index contributed by atoms with van der Waals surface area (Å²) in [5, 5.41) is 0. The molecule has 4 rings (SSSR count). The Morgan fingerprint density at radius 2 is 1.64 bits per heavy atom. The Morgan fingerprint density at radius 1 is 0.893 bits per heavy atom. The predicted octanol–water partition coefficient (Wildman–Crippen LogP) is 4.93. The van der Waals surface area contributed by atoms with Crippen LogP contribution in [-0.4, -0.2) is 19.0 Å². The molecule has 0 bridgehead atoms. The van der Waals surface area contributed by atoms with Gasteiger partial charge in [0.1, 0.15) is 25.6 Å². The number of ether oxygens (including phenoxy) is 3. The lowest BCUT2D eigenvalue weighted by Crippen LogP contribution is -2.15. The van der Waals surface area contributed by atoms with Crippen LogP contribution in [0.1, 0.15) is 21.5 Å². The topological polar surface area (TPSA) is 44.8 Å². The van der Waals surface area contributed by atoms with Crippen LogP contribution in [0, 0.1) is 0 Å². The van der Waals surface area contributed by atoms with Gasteiger partial charge in [-0.1, -0.05) is 48.5 Å². The third-order valence-electron chi connectivity index (χ3n) is 4.40. The maximum atomic E-state index is 12.6. The second-order valence-electron chi connectivity index (χ2n) is 6.37. The van der Waals surface area contributed by atoms with Crippen molar-refractivity contribution < 1.29 is 19.0 Å². The zero-order valence-corrected chi connectivity index (χ0v) is 15.3. The number of fused-ring (bicyclic) bond motifs is 1. The van der Waals surface area contributed by atoms with E-state index >= 15 is 0 Å². The fourth-order valence-electron chi connectivity index (χ4n) is 2.94. The van der Waals surface area contributed by atoms with Crippen molar-refractivity contribution in [2.24, 2.45) is 0 Å². The summed E-state index contributed by atoms with van der Waals surface area (Å²) in [6, 6.07) is 22.9. The normalized spacial score (nSPS) is 12.7. The lowest BCUT2D eigenvalue weighted by molar-refractivity contribution is 0.104. The van der Waals surface area contributed by atoms with E-state index in [2.05, 4.69) is 0 Å². The Balaban J connectivity index is 1.47. The Morgan fingerprint density at radius 3 is 2.50 bits per heavy atom. The maximum absolute atomic E-state index is 12.6. The summed E-state index contributed by atoms with van der Waals surface area (Å²) in [7, 11) is 0. The highest BCUT2D eigenvalue weighted by Gasteiger charge is 2.13. The number of para-hydroxylation sites is 1. The molecule has 3 aromatic carbocycles. The average molecular weight is 372 g/mol. The summed E-state index contributed by atoms with van der Waals surface area (Å²) in [6.07, 6.45) is 3.33. The average Bonchev–Trinajstić information content (AvgIpc) is 2.77. The van der Waals surface area contributed by atoms with E-state index in [9.17, 15) is 4.79 Å². The van der Waals surface area contributed by atoms with Crippen LogP contribution >= 0.6 is 0 Å². The standard InChI is InChI=1S/C24H20O4/c25-21(20-11-13-23-24(16-20)27-15-14-26-23)12-10-19-8-4-5-9-22(19)28-17-18-6-2-1-3-7-18/h1-13,16H,14-15,17H2. The van der Waals surface area contributed by atoms with Gasteiger partial charge in [-0.15, -0.1) is 0 Å². The van der Waals surface area contributed by atoms with E-state index in [4.69, 9.17) is 14.2 Å². The quantitative estimate of drug-likeness (QED) is 0.454. The summed E-state index contributed by atoms with van der Waals surface area (Å²) in [5.74, 6) is 1.91. The molecule has 0 fully saturated rings. The van der Waals surface area contributed by atoms with Crippen molar-refractivity contribution in [3.8, 4) is 17.2 Å². The minimum atomic E-state index is -0.102. The van der Waals surface area contributed by atoms with Crippen LogP contribution in [-0.2, 0) is 6.61 Å². The van der Waals surface area contributed by atoms with Gasteiger partial charge >= 0.3 is 0 Å². The zero-order valence-electron chi connectivity index (χ0n) is 15.3. The van der Waals surface area contributed by atoms with Gasteiger partial charge in [0.05, 0.1) is 0 Å². The summed E-state index contributed by atoms with van der Waals surface area (Å²) in [4.78, 5) is 12.6. The Labute approximate surface area is 164 Å². The summed E-state index contributed by atoms with van der Waals surface area (Å²) >= 11 is 0. The summed E-state index contributed by atoms with van der Waals surface area (Å²) in [6.45, 7) is 1.49. The molecule has 0 unspecified atom stereocenters. The summed E-state index contributed by atoms with van der Waals surface area (Å²) in [5.41, 5.74) is 2.50. The Kier molecular flexibility index (Phi) is 5.38. The van der Waals surface area contributed by atoms with Crippen LogP contribution in [0.4, 0.5) is 0 Å². The van der Waals surface area contributed by atoms with Crippen LogP contribution < -0.4 is 14.2 Å². The molecule has 0 saturated heterocycles. The highest BCUT2D eigenvalue weighted by molar-refractivity contribution is 6.07. The zero-order chi connectivity index (χ0) is 19.2. The molecule has 3 aromatic rings. The second-order valence-corrected chi connectivity index (χ2v) is 6.37. The number of hydrogen-bond acceptors (Lipinski definition) is 4. The number of benzene rings is 3. The number of rotatable bonds is 6. The first-order chi connectivity index (χ1) is 13.8. The van der Waals surface area contributed by atoms with Crippen LogP contribution in [0.25, 0.3) is 6.08 Å². The molecule has 0 atom stereocenters. The van der Waals surface area contributed by atoms with Gasteiger partial charge in [-0.3, -0.25) is 4.79 Å². The number of allylic oxidation sites excluding steroid dienone is 1. The van der Waals surface area contributed by atoms with E-state index in [0.29, 0.717) is 36.9 Å². The fourth-order valence-corrected chi connectivity index (χ4v) is 2.94. The molecule has 28 heavy (non-hydrogen) atoms. The van der Waals surface area contributed by atoms with Crippen LogP contribution in [0.5, 0.6) is 17.2 Å². The van der Waals surface area contributed by atoms with E-state index in [1.54, 1.807) is 30.4 Å². The highest BCUT2D eigenvalue weighted by Crippen LogP contribution is 2.31. The van der Waals surface area contributed by atoms with Crippen molar-refractivity contribution in [1.29, 1.82) is 0 Å². The van der Waals surface area contributed by atoms with E-state index in [-0.39, 0.29) is 5.78 Å². The third-order valence-corrected chi connectivity index (χ3v) is 4.40. The van der Waals surface area contributed by atoms with E-state index in [1.807, 2.05) is 54.6 Å². The highest BCUT2D eigenvalue weighted by atomic mass is 16.6. The van der Waals surface area contributed by atoms with Crippen LogP contribution in [0.2, 0.25) is 0 Å². The van der Waals surface area contributed by atoms with E-state index in [0.717, 1.165) is 16.9 Å². The van der Waals surface area contributed by atoms with Gasteiger partial charge < -0.3 is 14.2 Å². The smallest absolute Gasteiger partial charge is 0.185 e. The van der Waals surface area contributed by atoms with Gasteiger partial charge in [0.15, 0.2) is 17.3 Å². The Bertz CT molecular complexity index is 992. The molecule has 0 aliphatic carbocycles. The molecule has 4 heteroatoms. The molecular weight excluding hydrogens is 352 g/mol. The monoisotopic (exact) mass is 372 g/mol. The van der Waals surface area contributed by atoms with Crippen molar-refractivity contribution in [2.75, 3.05) is 13.2 Å². The lowest BCUT2D eigenvalue weighted by atomic mass is 10.1. The van der Waals surface area contributed by atoms with Crippen molar-refractivity contribution >= 4 is 11.9 Å². The number of ketones is 1. The molecule has 0 spiro atoms. The first-order valence-electron chi connectivity index (χ1n) is 9.17. The maximum Gasteiger partial charge on any atom is 0.185 e. The molecule has 0 radical (unpaired) electrons. The molecule has 0 saturated carbocycles. The molecule has 0 N–H and O–H groups in total. The molecular formula is C24H20O4. The van der Waals surface area contributed by atoms with Crippen molar-refractivity contribution in [1.82, 2.24) is 0 Å². The lowest BCUT2D eigenvalue weighted by Gasteiger charge is -2.18. The van der Waals surface area contributed by atoms with Crippen molar-refractivity contribution in [3.63, 3.8) is 0 Å². The molecule has 1 aliphatic heterocycles. The first kappa shape index (κ1) is 17.9. The minimum absolute atomic E-state index is 0.102. The molecule has 4 nitrogen and oxygen atoms in total. The molecule has 0 aromatic heterocycles. The molecule has 1 aliphatic rings. The first-order valence-corrected chi connectivity index (χ1v) is 9.17. The number of carbonyl (C=O) groups is 1. The van der Waals surface area contributed by atoms with Gasteiger partial charge in [0, 0.05) is 11.1 Å². The second kappa shape index (κ2) is 8.44. The van der Waals surface area contributed by atoms with Gasteiger partial charge in [0.25, 0.3) is 0 Å². The minimum Gasteiger partial charge on any atom is -0.488 e. The van der Waals surface area contributed by atoms with Crippen LogP contribution in [0.3, 0.4) is 0 Å². The van der Waals surface area contributed by atoms with E-state index in [1.165, 1.54) is 0 Å². The molecule has 0 amide bonds. The fraction of sp³-hybridized carbons (Fsp3) is 0.125. The van der Waals surface area contributed by atoms with Gasteiger partial charge in [0.2, 0.25) is 0 Å². The number of carbonyl (C=O) groups excluding carboxylic acids is 1. The van der Waals surface area contributed by atoms with Crippen molar-refractivity contribution in [3.05, 3.63) is 95.6 Å². The summed E-state index contributed by atoms with van der Waals surface area (Å²) < 4.78 is 17.0. The van der Waals surface area contributed by atoms with Crippen molar-refractivity contribution in [2.45, 2.75) is 6.61 Å². The molecule has 1 heterocycles. The molecule has 140 valence electrons. The van der Waals surface area contributed by atoms with Crippen LogP contribution in [0.15, 0.2) is 78.9 Å². The van der Waals surface area contributed by atoms with Gasteiger partial charge in [-0.2, -0.15) is 0 Å². The third kappa shape index (κ3) is 4.23. The largest absolute Gasteiger partial charge is 0.488 e. The SMILES string of the molecule is O=C(C=Cc1ccccc1OCc1ccccc1)c1ccc2c(c1)OCCO2. The van der Waals surface area contributed by atoms with Gasteiger partial charge in [-0.25, -0.2) is 0 Å². The van der Waals surface area contributed by atoms with Gasteiger partial charge in [-0.05, 0) is 42.0 Å². The number of hydrogen-bond donors (Lipinski definition) is 0. The van der Waals surface area contributed by atoms with E-state index < -0.39 is 0 Å². The predicted molar refractivity (Wildman–Crippen MR) is 108 cm³/mol.